The predicted octanol–water partition coefficient (Wildman–Crippen LogP) is 5.71. The van der Waals surface area contributed by atoms with E-state index < -0.39 is 17.5 Å². The molecule has 0 aliphatic heterocycles. The van der Waals surface area contributed by atoms with Gasteiger partial charge in [0.25, 0.3) is 5.91 Å². The molecule has 1 amide bonds. The summed E-state index contributed by atoms with van der Waals surface area (Å²) >= 11 is 1.17. The summed E-state index contributed by atoms with van der Waals surface area (Å²) < 4.78 is 28.4. The first-order valence-electron chi connectivity index (χ1n) is 8.77. The number of rotatable bonds is 4. The number of nitrogens with zero attached hydrogens (tertiary/aromatic N) is 2. The Labute approximate surface area is 169 Å². The van der Waals surface area contributed by atoms with E-state index in [1.807, 2.05) is 6.07 Å². The Bertz CT molecular complexity index is 1180. The summed E-state index contributed by atoms with van der Waals surface area (Å²) in [6.07, 6.45) is 1.64. The predicted molar refractivity (Wildman–Crippen MR) is 110 cm³/mol. The van der Waals surface area contributed by atoms with Crippen LogP contribution in [0.3, 0.4) is 0 Å². The van der Waals surface area contributed by atoms with Crippen molar-refractivity contribution in [2.24, 2.45) is 0 Å². The van der Waals surface area contributed by atoms with Gasteiger partial charge in [-0.1, -0.05) is 36.4 Å². The number of anilines is 1. The molecule has 0 atom stereocenters. The molecule has 0 bridgehead atoms. The largest absolute Gasteiger partial charge is 0.318 e. The zero-order valence-corrected chi connectivity index (χ0v) is 16.1. The standard InChI is InChI=1S/C22H15F2N3OS/c1-13-20(29-22(26-13)18-9-5-6-10-25-18)21(28)27-19-16(11-15(23)12-17(19)24)14-7-3-2-4-8-14/h2-12H,1H3,(H,27,28). The number of carbonyl (C=O) groups is 1. The zero-order valence-electron chi connectivity index (χ0n) is 15.3. The second kappa shape index (κ2) is 7.89. The Balaban J connectivity index is 1.70. The Morgan fingerprint density at radius 3 is 2.52 bits per heavy atom. The van der Waals surface area contributed by atoms with Crippen molar-refractivity contribution in [3.63, 3.8) is 0 Å². The summed E-state index contributed by atoms with van der Waals surface area (Å²) in [5, 5.41) is 3.19. The second-order valence-corrected chi connectivity index (χ2v) is 7.28. The fraction of sp³-hybridized carbons (Fsp3) is 0.0455. The maximum Gasteiger partial charge on any atom is 0.267 e. The van der Waals surface area contributed by atoms with Gasteiger partial charge in [0.2, 0.25) is 0 Å². The molecule has 0 spiro atoms. The summed E-state index contributed by atoms with van der Waals surface area (Å²) in [7, 11) is 0. The number of hydrogen-bond donors (Lipinski definition) is 1. The maximum absolute atomic E-state index is 14.6. The third-order valence-electron chi connectivity index (χ3n) is 4.27. The molecule has 2 heterocycles. The van der Waals surface area contributed by atoms with Crippen LogP contribution in [0, 0.1) is 18.6 Å². The lowest BCUT2D eigenvalue weighted by Gasteiger charge is -2.12. The molecule has 0 saturated carbocycles. The molecule has 4 aromatic rings. The van der Waals surface area contributed by atoms with Crippen LogP contribution in [0.1, 0.15) is 15.4 Å². The average Bonchev–Trinajstić information content (AvgIpc) is 3.13. The van der Waals surface area contributed by atoms with Crippen molar-refractivity contribution in [3.8, 4) is 21.8 Å². The third kappa shape index (κ3) is 3.90. The lowest BCUT2D eigenvalue weighted by Crippen LogP contribution is -2.14. The molecule has 29 heavy (non-hydrogen) atoms. The Morgan fingerprint density at radius 1 is 1.03 bits per heavy atom. The molecule has 2 aromatic carbocycles. The monoisotopic (exact) mass is 407 g/mol. The molecule has 144 valence electrons. The molecule has 0 unspecified atom stereocenters. The van der Waals surface area contributed by atoms with Gasteiger partial charge in [-0.25, -0.2) is 13.8 Å². The molecule has 0 aliphatic rings. The van der Waals surface area contributed by atoms with Gasteiger partial charge >= 0.3 is 0 Å². The molecular weight excluding hydrogens is 392 g/mol. The minimum atomic E-state index is -0.843. The van der Waals surface area contributed by atoms with Crippen molar-refractivity contribution in [2.45, 2.75) is 6.92 Å². The van der Waals surface area contributed by atoms with Gasteiger partial charge in [-0.15, -0.1) is 11.3 Å². The number of benzene rings is 2. The summed E-state index contributed by atoms with van der Waals surface area (Å²) in [6.45, 7) is 1.71. The van der Waals surface area contributed by atoms with Crippen LogP contribution in [-0.4, -0.2) is 15.9 Å². The van der Waals surface area contributed by atoms with E-state index in [9.17, 15) is 13.6 Å². The van der Waals surface area contributed by atoms with E-state index in [4.69, 9.17) is 0 Å². The average molecular weight is 407 g/mol. The van der Waals surface area contributed by atoms with E-state index in [0.717, 1.165) is 6.07 Å². The number of aryl methyl sites for hydroxylation is 1. The Kier molecular flexibility index (Phi) is 5.14. The quantitative estimate of drug-likeness (QED) is 0.471. The highest BCUT2D eigenvalue weighted by Crippen LogP contribution is 2.33. The summed E-state index contributed by atoms with van der Waals surface area (Å²) in [5.41, 5.74) is 1.95. The lowest BCUT2D eigenvalue weighted by atomic mass is 10.0. The maximum atomic E-state index is 14.6. The fourth-order valence-electron chi connectivity index (χ4n) is 2.92. The third-order valence-corrected chi connectivity index (χ3v) is 5.44. The van der Waals surface area contributed by atoms with E-state index in [1.165, 1.54) is 17.4 Å². The summed E-state index contributed by atoms with van der Waals surface area (Å²) in [4.78, 5) is 21.9. The smallest absolute Gasteiger partial charge is 0.267 e. The molecule has 4 nitrogen and oxygen atoms in total. The minimum Gasteiger partial charge on any atom is -0.318 e. The van der Waals surface area contributed by atoms with E-state index in [1.54, 1.807) is 55.6 Å². The molecule has 0 fully saturated rings. The van der Waals surface area contributed by atoms with Crippen molar-refractivity contribution in [2.75, 3.05) is 5.32 Å². The van der Waals surface area contributed by atoms with Gasteiger partial charge in [-0.2, -0.15) is 0 Å². The molecular formula is C22H15F2N3OS. The van der Waals surface area contributed by atoms with Gasteiger partial charge < -0.3 is 5.32 Å². The van der Waals surface area contributed by atoms with E-state index in [0.29, 0.717) is 26.8 Å². The number of thiazole rings is 1. The van der Waals surface area contributed by atoms with Crippen LogP contribution in [0.25, 0.3) is 21.8 Å². The first kappa shape index (κ1) is 18.9. The van der Waals surface area contributed by atoms with Crippen LogP contribution in [-0.2, 0) is 0 Å². The SMILES string of the molecule is Cc1nc(-c2ccccn2)sc1C(=O)Nc1c(F)cc(F)cc1-c1ccccc1. The molecule has 7 heteroatoms. The van der Waals surface area contributed by atoms with E-state index >= 15 is 0 Å². The Hall–Kier alpha value is -3.45. The highest BCUT2D eigenvalue weighted by atomic mass is 32.1. The molecule has 4 rings (SSSR count). The van der Waals surface area contributed by atoms with Crippen LogP contribution in [0.2, 0.25) is 0 Å². The first-order chi connectivity index (χ1) is 14.0. The lowest BCUT2D eigenvalue weighted by molar-refractivity contribution is 0.102. The molecule has 0 radical (unpaired) electrons. The highest BCUT2D eigenvalue weighted by Gasteiger charge is 2.21. The van der Waals surface area contributed by atoms with E-state index in [2.05, 4.69) is 15.3 Å². The van der Waals surface area contributed by atoms with Gasteiger partial charge in [-0.05, 0) is 30.7 Å². The number of aromatic nitrogens is 2. The summed E-state index contributed by atoms with van der Waals surface area (Å²) in [6, 6.07) is 16.1. The Morgan fingerprint density at radius 2 is 1.79 bits per heavy atom. The number of pyridine rings is 1. The molecule has 0 aliphatic carbocycles. The molecule has 1 N–H and O–H groups in total. The second-order valence-electron chi connectivity index (χ2n) is 6.28. The van der Waals surface area contributed by atoms with Gasteiger partial charge in [0.1, 0.15) is 21.5 Å². The molecule has 2 aromatic heterocycles. The van der Waals surface area contributed by atoms with Gasteiger partial charge in [0.05, 0.1) is 17.1 Å². The number of hydrogen-bond acceptors (Lipinski definition) is 4. The van der Waals surface area contributed by atoms with Crippen LogP contribution >= 0.6 is 11.3 Å². The van der Waals surface area contributed by atoms with Gasteiger partial charge in [0.15, 0.2) is 0 Å². The van der Waals surface area contributed by atoms with Crippen LogP contribution in [0.15, 0.2) is 66.9 Å². The topological polar surface area (TPSA) is 54.9 Å². The highest BCUT2D eigenvalue weighted by molar-refractivity contribution is 7.17. The van der Waals surface area contributed by atoms with Crippen molar-refractivity contribution in [1.29, 1.82) is 0 Å². The number of carbonyl (C=O) groups excluding carboxylic acids is 1. The van der Waals surface area contributed by atoms with Crippen LogP contribution < -0.4 is 5.32 Å². The fourth-order valence-corrected chi connectivity index (χ4v) is 3.86. The van der Waals surface area contributed by atoms with Crippen molar-refractivity contribution in [1.82, 2.24) is 9.97 Å². The summed E-state index contributed by atoms with van der Waals surface area (Å²) in [5.74, 6) is -2.07. The number of nitrogens with one attached hydrogen (secondary N) is 1. The minimum absolute atomic E-state index is 0.0743. The van der Waals surface area contributed by atoms with E-state index in [-0.39, 0.29) is 11.3 Å². The normalized spacial score (nSPS) is 10.7. The number of halogens is 2. The first-order valence-corrected chi connectivity index (χ1v) is 9.59. The van der Waals surface area contributed by atoms with Gasteiger partial charge in [0, 0.05) is 17.8 Å². The molecule has 0 saturated heterocycles. The van der Waals surface area contributed by atoms with Crippen LogP contribution in [0.5, 0.6) is 0 Å². The van der Waals surface area contributed by atoms with Crippen molar-refractivity contribution >= 4 is 22.9 Å². The number of amides is 1. The zero-order chi connectivity index (χ0) is 20.4. The van der Waals surface area contributed by atoms with Crippen molar-refractivity contribution in [3.05, 3.63) is 89.1 Å². The van der Waals surface area contributed by atoms with Gasteiger partial charge in [-0.3, -0.25) is 9.78 Å². The van der Waals surface area contributed by atoms with Crippen LogP contribution in [0.4, 0.5) is 14.5 Å². The van der Waals surface area contributed by atoms with Crippen molar-refractivity contribution < 1.29 is 13.6 Å².